The van der Waals surface area contributed by atoms with Crippen molar-refractivity contribution in [3.8, 4) is 5.75 Å². The Balaban J connectivity index is 1.54. The third kappa shape index (κ3) is 4.42. The third-order valence-electron chi connectivity index (χ3n) is 4.03. The number of aryl methyl sites for hydroxylation is 1. The van der Waals surface area contributed by atoms with E-state index >= 15 is 0 Å². The van der Waals surface area contributed by atoms with Crippen LogP contribution in [0.25, 0.3) is 6.08 Å². The van der Waals surface area contributed by atoms with Crippen molar-refractivity contribution >= 4 is 6.08 Å². The van der Waals surface area contributed by atoms with Crippen molar-refractivity contribution in [1.82, 2.24) is 4.90 Å². The summed E-state index contributed by atoms with van der Waals surface area (Å²) in [6.07, 6.45) is 6.35. The van der Waals surface area contributed by atoms with Crippen LogP contribution in [0.5, 0.6) is 5.75 Å². The standard InChI is InChI=1S/C20H22FNO/c1-22(12-2-4-16-7-10-19(21)11-8-16)15-17-6-9-18-5-3-13-23-20(18)14-17/h2,4,6-11,14H,3,5,12-13,15H2,1H3/b4-2+. The fourth-order valence-corrected chi connectivity index (χ4v) is 2.80. The van der Waals surface area contributed by atoms with Crippen LogP contribution in [0.4, 0.5) is 4.39 Å². The maximum atomic E-state index is 12.9. The SMILES string of the molecule is CN(C/C=C/c1ccc(F)cc1)Cc1ccc2c(c1)OCCC2. The van der Waals surface area contributed by atoms with Crippen LogP contribution in [0.2, 0.25) is 0 Å². The van der Waals surface area contributed by atoms with Gasteiger partial charge >= 0.3 is 0 Å². The number of rotatable bonds is 5. The Labute approximate surface area is 137 Å². The van der Waals surface area contributed by atoms with Crippen molar-refractivity contribution in [3.05, 3.63) is 71.0 Å². The molecule has 0 fully saturated rings. The highest BCUT2D eigenvalue weighted by Crippen LogP contribution is 2.26. The Morgan fingerprint density at radius 2 is 2.00 bits per heavy atom. The molecule has 2 aromatic carbocycles. The average molecular weight is 311 g/mol. The average Bonchev–Trinajstić information content (AvgIpc) is 2.56. The molecule has 1 heterocycles. The molecule has 0 saturated carbocycles. The highest BCUT2D eigenvalue weighted by Gasteiger charge is 2.10. The van der Waals surface area contributed by atoms with Crippen LogP contribution < -0.4 is 4.74 Å². The van der Waals surface area contributed by atoms with Gasteiger partial charge in [-0.05, 0) is 54.8 Å². The molecule has 0 atom stereocenters. The lowest BCUT2D eigenvalue weighted by Crippen LogP contribution is -2.18. The Hall–Kier alpha value is -2.13. The molecule has 0 spiro atoms. The van der Waals surface area contributed by atoms with Gasteiger partial charge in [-0.25, -0.2) is 4.39 Å². The fraction of sp³-hybridized carbons (Fsp3) is 0.300. The predicted molar refractivity (Wildman–Crippen MR) is 92.0 cm³/mol. The molecular weight excluding hydrogens is 289 g/mol. The minimum atomic E-state index is -0.200. The topological polar surface area (TPSA) is 12.5 Å². The minimum absolute atomic E-state index is 0.200. The Bertz CT molecular complexity index is 679. The summed E-state index contributed by atoms with van der Waals surface area (Å²) in [5.41, 5.74) is 3.60. The molecule has 0 unspecified atom stereocenters. The normalized spacial score (nSPS) is 14.0. The van der Waals surface area contributed by atoms with Crippen LogP contribution in [0.3, 0.4) is 0 Å². The van der Waals surface area contributed by atoms with E-state index < -0.39 is 0 Å². The molecule has 1 aliphatic heterocycles. The molecule has 0 aliphatic carbocycles. The van der Waals surface area contributed by atoms with E-state index in [4.69, 9.17) is 4.74 Å². The molecule has 23 heavy (non-hydrogen) atoms. The van der Waals surface area contributed by atoms with Crippen LogP contribution in [0.1, 0.15) is 23.1 Å². The Morgan fingerprint density at radius 1 is 1.17 bits per heavy atom. The van der Waals surface area contributed by atoms with E-state index in [0.717, 1.165) is 43.9 Å². The monoisotopic (exact) mass is 311 g/mol. The summed E-state index contributed by atoms with van der Waals surface area (Å²) in [5, 5.41) is 0. The van der Waals surface area contributed by atoms with Crippen LogP contribution in [-0.4, -0.2) is 25.1 Å². The van der Waals surface area contributed by atoms with E-state index in [-0.39, 0.29) is 5.82 Å². The van der Waals surface area contributed by atoms with Gasteiger partial charge in [0.1, 0.15) is 11.6 Å². The summed E-state index contributed by atoms with van der Waals surface area (Å²) < 4.78 is 18.6. The van der Waals surface area contributed by atoms with E-state index in [9.17, 15) is 4.39 Å². The smallest absolute Gasteiger partial charge is 0.123 e. The first kappa shape index (κ1) is 15.8. The van der Waals surface area contributed by atoms with Gasteiger partial charge in [0, 0.05) is 13.1 Å². The Morgan fingerprint density at radius 3 is 2.83 bits per heavy atom. The van der Waals surface area contributed by atoms with Crippen LogP contribution >= 0.6 is 0 Å². The number of halogens is 1. The van der Waals surface area contributed by atoms with E-state index in [2.05, 4.69) is 36.2 Å². The zero-order valence-electron chi connectivity index (χ0n) is 13.5. The largest absolute Gasteiger partial charge is 0.493 e. The number of nitrogens with zero attached hydrogens (tertiary/aromatic N) is 1. The van der Waals surface area contributed by atoms with Crippen molar-refractivity contribution in [1.29, 1.82) is 0 Å². The zero-order valence-corrected chi connectivity index (χ0v) is 13.5. The van der Waals surface area contributed by atoms with Gasteiger partial charge < -0.3 is 4.74 Å². The minimum Gasteiger partial charge on any atom is -0.493 e. The summed E-state index contributed by atoms with van der Waals surface area (Å²) in [5.74, 6) is 0.845. The molecule has 3 rings (SSSR count). The van der Waals surface area contributed by atoms with Gasteiger partial charge in [0.05, 0.1) is 6.61 Å². The summed E-state index contributed by atoms with van der Waals surface area (Å²) in [4.78, 5) is 2.24. The number of hydrogen-bond acceptors (Lipinski definition) is 2. The molecule has 0 radical (unpaired) electrons. The van der Waals surface area contributed by atoms with Gasteiger partial charge in [-0.3, -0.25) is 4.90 Å². The fourth-order valence-electron chi connectivity index (χ4n) is 2.80. The maximum Gasteiger partial charge on any atom is 0.123 e. The van der Waals surface area contributed by atoms with Crippen LogP contribution in [-0.2, 0) is 13.0 Å². The van der Waals surface area contributed by atoms with Crippen molar-refractivity contribution in [2.75, 3.05) is 20.2 Å². The molecule has 1 aliphatic rings. The number of fused-ring (bicyclic) bond motifs is 1. The predicted octanol–water partition coefficient (Wildman–Crippen LogP) is 4.30. The quantitative estimate of drug-likeness (QED) is 0.816. The molecule has 0 amide bonds. The van der Waals surface area contributed by atoms with E-state index in [1.54, 1.807) is 12.1 Å². The third-order valence-corrected chi connectivity index (χ3v) is 4.03. The molecule has 2 aromatic rings. The summed E-state index contributed by atoms with van der Waals surface area (Å²) >= 11 is 0. The van der Waals surface area contributed by atoms with Crippen molar-refractivity contribution < 1.29 is 9.13 Å². The summed E-state index contributed by atoms with van der Waals surface area (Å²) in [6, 6.07) is 13.1. The number of hydrogen-bond donors (Lipinski definition) is 0. The first-order valence-corrected chi connectivity index (χ1v) is 8.06. The van der Waals surface area contributed by atoms with Gasteiger partial charge in [-0.15, -0.1) is 0 Å². The lowest BCUT2D eigenvalue weighted by atomic mass is 10.0. The van der Waals surface area contributed by atoms with Crippen LogP contribution in [0.15, 0.2) is 48.5 Å². The second-order valence-electron chi connectivity index (χ2n) is 6.04. The van der Waals surface area contributed by atoms with Crippen LogP contribution in [0, 0.1) is 5.82 Å². The summed E-state index contributed by atoms with van der Waals surface area (Å²) in [7, 11) is 2.09. The van der Waals surface area contributed by atoms with Gasteiger partial charge in [0.15, 0.2) is 0 Å². The molecule has 2 nitrogen and oxygen atoms in total. The molecular formula is C20H22FNO. The second kappa shape index (κ2) is 7.42. The highest BCUT2D eigenvalue weighted by molar-refractivity contribution is 5.49. The number of likely N-dealkylation sites (N-methyl/N-ethyl adjacent to an activating group) is 1. The number of ether oxygens (including phenoxy) is 1. The van der Waals surface area contributed by atoms with Gasteiger partial charge in [0.25, 0.3) is 0 Å². The molecule has 120 valence electrons. The first-order valence-electron chi connectivity index (χ1n) is 8.06. The lowest BCUT2D eigenvalue weighted by Gasteiger charge is -2.20. The molecule has 0 aromatic heterocycles. The Kier molecular flexibility index (Phi) is 5.09. The van der Waals surface area contributed by atoms with E-state index in [0.29, 0.717) is 0 Å². The van der Waals surface area contributed by atoms with Gasteiger partial charge in [-0.1, -0.05) is 36.4 Å². The van der Waals surface area contributed by atoms with E-state index in [1.165, 1.54) is 23.3 Å². The van der Waals surface area contributed by atoms with Gasteiger partial charge in [0.2, 0.25) is 0 Å². The second-order valence-corrected chi connectivity index (χ2v) is 6.04. The summed E-state index contributed by atoms with van der Waals surface area (Å²) in [6.45, 7) is 2.55. The van der Waals surface area contributed by atoms with Crippen molar-refractivity contribution in [2.45, 2.75) is 19.4 Å². The first-order chi connectivity index (χ1) is 11.2. The zero-order chi connectivity index (χ0) is 16.1. The van der Waals surface area contributed by atoms with Crippen molar-refractivity contribution in [2.24, 2.45) is 0 Å². The molecule has 3 heteroatoms. The van der Waals surface area contributed by atoms with Crippen molar-refractivity contribution in [3.63, 3.8) is 0 Å². The van der Waals surface area contributed by atoms with Gasteiger partial charge in [-0.2, -0.15) is 0 Å². The molecule has 0 bridgehead atoms. The number of benzene rings is 2. The lowest BCUT2D eigenvalue weighted by molar-refractivity contribution is 0.287. The highest BCUT2D eigenvalue weighted by atomic mass is 19.1. The maximum absolute atomic E-state index is 12.9. The van der Waals surface area contributed by atoms with E-state index in [1.807, 2.05) is 6.08 Å². The molecule has 0 N–H and O–H groups in total. The molecule has 0 saturated heterocycles.